The smallest absolute Gasteiger partial charge is 0.255 e. The number of amides is 1. The monoisotopic (exact) mass is 319 g/mol. The van der Waals surface area contributed by atoms with Crippen LogP contribution in [0, 0.1) is 5.92 Å². The van der Waals surface area contributed by atoms with Crippen LogP contribution in [0.1, 0.15) is 36.0 Å². The highest BCUT2D eigenvalue weighted by Gasteiger charge is 2.22. The summed E-state index contributed by atoms with van der Waals surface area (Å²) in [6.07, 6.45) is 5.33. The first-order valence-electron chi connectivity index (χ1n) is 7.67. The van der Waals surface area contributed by atoms with Gasteiger partial charge in [-0.25, -0.2) is 0 Å². The van der Waals surface area contributed by atoms with E-state index in [0.29, 0.717) is 18.0 Å². The lowest BCUT2D eigenvalue weighted by Gasteiger charge is -2.25. The molecule has 1 aliphatic carbocycles. The quantitative estimate of drug-likeness (QED) is 0.909. The third-order valence-electron chi connectivity index (χ3n) is 4.13. The lowest BCUT2D eigenvalue weighted by molar-refractivity contribution is 0.0874. The van der Waals surface area contributed by atoms with E-state index >= 15 is 0 Å². The topological polar surface area (TPSA) is 67.2 Å². The van der Waals surface area contributed by atoms with E-state index in [0.717, 1.165) is 36.3 Å². The van der Waals surface area contributed by atoms with Crippen molar-refractivity contribution in [3.63, 3.8) is 0 Å². The summed E-state index contributed by atoms with van der Waals surface area (Å²) in [5.41, 5.74) is 1.35. The first-order chi connectivity index (χ1) is 10.6. The second-order valence-electron chi connectivity index (χ2n) is 5.94. The first-order valence-corrected chi connectivity index (χ1v) is 8.55. The molecular formula is C16H21N3O2S. The Labute approximate surface area is 134 Å². The Kier molecular flexibility index (Phi) is 4.59. The van der Waals surface area contributed by atoms with Crippen LogP contribution in [0.4, 0.5) is 0 Å². The Balaban J connectivity index is 1.67. The highest BCUT2D eigenvalue weighted by atomic mass is 32.1. The third-order valence-corrected chi connectivity index (χ3v) is 5.01. The maximum Gasteiger partial charge on any atom is 0.255 e. The van der Waals surface area contributed by atoms with Crippen molar-refractivity contribution >= 4 is 17.2 Å². The maximum absolute atomic E-state index is 12.5. The number of nitrogens with one attached hydrogen (secondary N) is 1. The molecule has 2 atom stereocenters. The van der Waals surface area contributed by atoms with Gasteiger partial charge in [-0.3, -0.25) is 9.48 Å². The molecule has 2 heterocycles. The summed E-state index contributed by atoms with van der Waals surface area (Å²) in [7, 11) is 1.82. The Morgan fingerprint density at radius 1 is 1.55 bits per heavy atom. The highest BCUT2D eigenvalue weighted by molar-refractivity contribution is 7.13. The summed E-state index contributed by atoms with van der Waals surface area (Å²) >= 11 is 1.58. The lowest BCUT2D eigenvalue weighted by atomic mass is 9.87. The number of carbonyl (C=O) groups excluding carboxylic acids is 1. The summed E-state index contributed by atoms with van der Waals surface area (Å²) < 4.78 is 1.67. The van der Waals surface area contributed by atoms with E-state index in [2.05, 4.69) is 10.4 Å². The average Bonchev–Trinajstić information content (AvgIpc) is 3.13. The van der Waals surface area contributed by atoms with Crippen LogP contribution >= 0.6 is 11.3 Å². The van der Waals surface area contributed by atoms with Crippen LogP contribution < -0.4 is 5.32 Å². The van der Waals surface area contributed by atoms with Crippen LogP contribution in [-0.2, 0) is 7.05 Å². The number of hydrogen-bond acceptors (Lipinski definition) is 4. The third kappa shape index (κ3) is 3.39. The fraction of sp³-hybridized carbons (Fsp3) is 0.500. The summed E-state index contributed by atoms with van der Waals surface area (Å²) in [6.45, 7) is 0.620. The van der Waals surface area contributed by atoms with Gasteiger partial charge in [0.2, 0.25) is 0 Å². The Morgan fingerprint density at radius 3 is 3.14 bits per heavy atom. The van der Waals surface area contributed by atoms with Crippen molar-refractivity contribution in [2.24, 2.45) is 13.0 Å². The molecule has 0 spiro atoms. The largest absolute Gasteiger partial charge is 0.393 e. The number of rotatable bonds is 4. The van der Waals surface area contributed by atoms with Crippen molar-refractivity contribution in [2.45, 2.75) is 31.8 Å². The molecule has 0 saturated heterocycles. The van der Waals surface area contributed by atoms with Gasteiger partial charge >= 0.3 is 0 Å². The standard InChI is InChI=1S/C16H21N3O2S/c1-19-10-13(15(18-19)14-6-3-7-22-14)16(21)17-9-11-4-2-5-12(20)8-11/h3,6-7,10-12,20H,2,4-5,8-9H2,1H3,(H,17,21). The highest BCUT2D eigenvalue weighted by Crippen LogP contribution is 2.27. The Hall–Kier alpha value is -1.66. The normalized spacial score (nSPS) is 21.7. The fourth-order valence-electron chi connectivity index (χ4n) is 3.03. The molecule has 22 heavy (non-hydrogen) atoms. The molecule has 2 aromatic heterocycles. The molecule has 5 nitrogen and oxygen atoms in total. The minimum Gasteiger partial charge on any atom is -0.393 e. The molecule has 1 amide bonds. The molecule has 2 unspecified atom stereocenters. The van der Waals surface area contributed by atoms with Gasteiger partial charge in [-0.05, 0) is 36.6 Å². The molecule has 2 N–H and O–H groups in total. The zero-order chi connectivity index (χ0) is 15.5. The second kappa shape index (κ2) is 6.62. The van der Waals surface area contributed by atoms with E-state index in [1.807, 2.05) is 24.6 Å². The summed E-state index contributed by atoms with van der Waals surface area (Å²) in [5, 5.41) is 19.1. The van der Waals surface area contributed by atoms with Gasteiger partial charge in [0.1, 0.15) is 5.69 Å². The molecule has 6 heteroatoms. The summed E-state index contributed by atoms with van der Waals surface area (Å²) in [4.78, 5) is 13.5. The fourth-order valence-corrected chi connectivity index (χ4v) is 3.75. The van der Waals surface area contributed by atoms with E-state index < -0.39 is 0 Å². The van der Waals surface area contributed by atoms with Crippen molar-refractivity contribution in [1.82, 2.24) is 15.1 Å². The molecule has 0 aromatic carbocycles. The van der Waals surface area contributed by atoms with Gasteiger partial charge in [-0.15, -0.1) is 11.3 Å². The SMILES string of the molecule is Cn1cc(C(=O)NCC2CCCC(O)C2)c(-c2cccs2)n1. The zero-order valence-corrected chi connectivity index (χ0v) is 13.5. The summed E-state index contributed by atoms with van der Waals surface area (Å²) in [6, 6.07) is 3.93. The number of carbonyl (C=O) groups is 1. The van der Waals surface area contributed by atoms with Gasteiger partial charge in [-0.1, -0.05) is 12.5 Å². The van der Waals surface area contributed by atoms with Crippen LogP contribution in [0.15, 0.2) is 23.7 Å². The van der Waals surface area contributed by atoms with Crippen molar-refractivity contribution in [2.75, 3.05) is 6.54 Å². The van der Waals surface area contributed by atoms with E-state index in [9.17, 15) is 9.90 Å². The molecular weight excluding hydrogens is 298 g/mol. The van der Waals surface area contributed by atoms with E-state index in [4.69, 9.17) is 0 Å². The van der Waals surface area contributed by atoms with Crippen molar-refractivity contribution in [1.29, 1.82) is 0 Å². The predicted molar refractivity (Wildman–Crippen MR) is 86.8 cm³/mol. The van der Waals surface area contributed by atoms with Crippen molar-refractivity contribution in [3.8, 4) is 10.6 Å². The van der Waals surface area contributed by atoms with Crippen molar-refractivity contribution in [3.05, 3.63) is 29.3 Å². The molecule has 2 aromatic rings. The lowest BCUT2D eigenvalue weighted by Crippen LogP contribution is -2.33. The Bertz CT molecular complexity index is 636. The van der Waals surface area contributed by atoms with Crippen LogP contribution in [0.25, 0.3) is 10.6 Å². The first kappa shape index (κ1) is 15.2. The number of aryl methyl sites for hydroxylation is 1. The van der Waals surface area contributed by atoms with E-state index in [1.165, 1.54) is 0 Å². The van der Waals surface area contributed by atoms with Gasteiger partial charge in [0, 0.05) is 19.8 Å². The van der Waals surface area contributed by atoms with Crippen LogP contribution in [0.2, 0.25) is 0 Å². The van der Waals surface area contributed by atoms with Gasteiger partial charge in [-0.2, -0.15) is 5.10 Å². The number of nitrogens with zero attached hydrogens (tertiary/aromatic N) is 2. The molecule has 1 fully saturated rings. The second-order valence-corrected chi connectivity index (χ2v) is 6.89. The van der Waals surface area contributed by atoms with Gasteiger partial charge in [0.15, 0.2) is 0 Å². The van der Waals surface area contributed by atoms with Gasteiger partial charge < -0.3 is 10.4 Å². The minimum absolute atomic E-state index is 0.0865. The molecule has 0 aliphatic heterocycles. The van der Waals surface area contributed by atoms with E-state index in [-0.39, 0.29) is 12.0 Å². The molecule has 0 radical (unpaired) electrons. The predicted octanol–water partition coefficient (Wildman–Crippen LogP) is 2.43. The number of hydrogen-bond donors (Lipinski definition) is 2. The molecule has 118 valence electrons. The summed E-state index contributed by atoms with van der Waals surface area (Å²) in [5.74, 6) is 0.283. The minimum atomic E-state index is -0.212. The van der Waals surface area contributed by atoms with Crippen LogP contribution in [0.5, 0.6) is 0 Å². The molecule has 1 aliphatic rings. The van der Waals surface area contributed by atoms with Crippen LogP contribution in [-0.4, -0.2) is 33.4 Å². The molecule has 1 saturated carbocycles. The maximum atomic E-state index is 12.5. The number of aliphatic hydroxyl groups is 1. The Morgan fingerprint density at radius 2 is 2.41 bits per heavy atom. The molecule has 3 rings (SSSR count). The van der Waals surface area contributed by atoms with E-state index in [1.54, 1.807) is 22.2 Å². The zero-order valence-electron chi connectivity index (χ0n) is 12.7. The van der Waals surface area contributed by atoms with Gasteiger partial charge in [0.05, 0.1) is 16.5 Å². The molecule has 0 bridgehead atoms. The van der Waals surface area contributed by atoms with Crippen LogP contribution in [0.3, 0.4) is 0 Å². The number of thiophene rings is 1. The average molecular weight is 319 g/mol. The van der Waals surface area contributed by atoms with Crippen molar-refractivity contribution < 1.29 is 9.90 Å². The number of aromatic nitrogens is 2. The van der Waals surface area contributed by atoms with Gasteiger partial charge in [0.25, 0.3) is 5.91 Å². The number of aliphatic hydroxyl groups excluding tert-OH is 1.